The number of amides is 4. The van der Waals surface area contributed by atoms with Crippen molar-refractivity contribution in [3.8, 4) is 11.1 Å². The summed E-state index contributed by atoms with van der Waals surface area (Å²) in [4.78, 5) is 62.7. The van der Waals surface area contributed by atoms with Gasteiger partial charge < -0.3 is 30.7 Å². The van der Waals surface area contributed by atoms with Gasteiger partial charge in [-0.15, -0.1) is 0 Å². The summed E-state index contributed by atoms with van der Waals surface area (Å²) >= 11 is 0. The van der Waals surface area contributed by atoms with Gasteiger partial charge in [0.25, 0.3) is 0 Å². The van der Waals surface area contributed by atoms with Gasteiger partial charge >= 0.3 is 12.1 Å². The van der Waals surface area contributed by atoms with Crippen molar-refractivity contribution < 1.29 is 33.4 Å². The molecule has 11 heteroatoms. The number of carbonyl (C=O) groups is 5. The van der Waals surface area contributed by atoms with Crippen LogP contribution in [-0.2, 0) is 41.7 Å². The Morgan fingerprint density at radius 2 is 1.15 bits per heavy atom. The number of nitrogens with one attached hydrogen (secondary N) is 4. The number of carbonyl (C=O) groups excluding carboxylic acids is 5. The zero-order valence-corrected chi connectivity index (χ0v) is 26.1. The maximum Gasteiger partial charge on any atom is 0.407 e. The molecule has 4 aromatic carbocycles. The van der Waals surface area contributed by atoms with Gasteiger partial charge in [-0.3, -0.25) is 19.2 Å². The van der Waals surface area contributed by atoms with E-state index < -0.39 is 48.9 Å². The number of fused-ring (bicyclic) bond motifs is 3. The lowest BCUT2D eigenvalue weighted by Crippen LogP contribution is -2.51. The topological polar surface area (TPSA) is 152 Å². The third-order valence-corrected chi connectivity index (χ3v) is 7.77. The molecular formula is C37H36N4O7. The van der Waals surface area contributed by atoms with Crippen LogP contribution in [0.1, 0.15) is 28.2 Å². The van der Waals surface area contributed by atoms with Crippen molar-refractivity contribution in [2.24, 2.45) is 0 Å². The van der Waals surface area contributed by atoms with E-state index >= 15 is 0 Å². The molecule has 4 amide bonds. The Balaban J connectivity index is 1.05. The second-order valence-corrected chi connectivity index (χ2v) is 11.1. The van der Waals surface area contributed by atoms with E-state index in [0.717, 1.165) is 33.4 Å². The number of ether oxygens (including phenoxy) is 2. The van der Waals surface area contributed by atoms with Crippen LogP contribution in [0.4, 0.5) is 4.79 Å². The fourth-order valence-corrected chi connectivity index (χ4v) is 5.42. The highest BCUT2D eigenvalue weighted by Gasteiger charge is 2.29. The summed E-state index contributed by atoms with van der Waals surface area (Å²) in [5.74, 6) is -2.60. The molecule has 1 atom stereocenters. The minimum Gasteiger partial charge on any atom is -0.460 e. The van der Waals surface area contributed by atoms with Gasteiger partial charge in [0, 0.05) is 12.3 Å². The number of esters is 1. The Morgan fingerprint density at radius 3 is 1.79 bits per heavy atom. The van der Waals surface area contributed by atoms with Crippen molar-refractivity contribution in [3.63, 3.8) is 0 Å². The quantitative estimate of drug-likeness (QED) is 0.153. The zero-order valence-electron chi connectivity index (χ0n) is 26.1. The van der Waals surface area contributed by atoms with Crippen LogP contribution >= 0.6 is 0 Å². The average molecular weight is 649 g/mol. The van der Waals surface area contributed by atoms with E-state index in [-0.39, 0.29) is 32.1 Å². The van der Waals surface area contributed by atoms with Gasteiger partial charge in [-0.1, -0.05) is 109 Å². The van der Waals surface area contributed by atoms with Gasteiger partial charge in [0.2, 0.25) is 17.7 Å². The van der Waals surface area contributed by atoms with E-state index in [0.29, 0.717) is 0 Å². The fourth-order valence-electron chi connectivity index (χ4n) is 5.42. The van der Waals surface area contributed by atoms with Crippen LogP contribution in [0.5, 0.6) is 0 Å². The number of benzene rings is 4. The van der Waals surface area contributed by atoms with Gasteiger partial charge in [0.15, 0.2) is 0 Å². The molecule has 0 aliphatic heterocycles. The predicted octanol–water partition coefficient (Wildman–Crippen LogP) is 3.23. The molecule has 246 valence electrons. The second-order valence-electron chi connectivity index (χ2n) is 11.1. The summed E-state index contributed by atoms with van der Waals surface area (Å²) in [6, 6.07) is 33.0. The summed E-state index contributed by atoms with van der Waals surface area (Å²) in [6.45, 7) is -1.08. The van der Waals surface area contributed by atoms with Gasteiger partial charge in [-0.05, 0) is 33.4 Å². The molecule has 1 aliphatic rings. The van der Waals surface area contributed by atoms with E-state index in [2.05, 4.69) is 21.3 Å². The molecule has 0 unspecified atom stereocenters. The number of alkyl carbamates (subject to hydrolysis) is 1. The molecule has 4 aromatic rings. The highest BCUT2D eigenvalue weighted by Crippen LogP contribution is 2.44. The van der Waals surface area contributed by atoms with Crippen molar-refractivity contribution in [3.05, 3.63) is 131 Å². The lowest BCUT2D eigenvalue weighted by molar-refractivity contribution is -0.145. The minimum atomic E-state index is -1.03. The normalized spacial score (nSPS) is 12.1. The summed E-state index contributed by atoms with van der Waals surface area (Å²) < 4.78 is 10.6. The molecule has 48 heavy (non-hydrogen) atoms. The highest BCUT2D eigenvalue weighted by molar-refractivity contribution is 5.92. The van der Waals surface area contributed by atoms with E-state index in [4.69, 9.17) is 9.47 Å². The third kappa shape index (κ3) is 9.29. The molecule has 0 aromatic heterocycles. The molecule has 0 spiro atoms. The van der Waals surface area contributed by atoms with Gasteiger partial charge in [-0.2, -0.15) is 0 Å². The van der Waals surface area contributed by atoms with Crippen molar-refractivity contribution in [2.75, 3.05) is 26.2 Å². The molecule has 0 bridgehead atoms. The lowest BCUT2D eigenvalue weighted by atomic mass is 9.98. The number of rotatable bonds is 14. The smallest absolute Gasteiger partial charge is 0.407 e. The summed E-state index contributed by atoms with van der Waals surface area (Å²) in [6.07, 6.45) is -0.618. The molecule has 0 saturated carbocycles. The van der Waals surface area contributed by atoms with Crippen LogP contribution in [0.15, 0.2) is 109 Å². The van der Waals surface area contributed by atoms with Crippen LogP contribution in [0.3, 0.4) is 0 Å². The lowest BCUT2D eigenvalue weighted by Gasteiger charge is -2.19. The van der Waals surface area contributed by atoms with Crippen LogP contribution < -0.4 is 21.3 Å². The molecule has 5 rings (SSSR count). The predicted molar refractivity (Wildman–Crippen MR) is 177 cm³/mol. The third-order valence-electron chi connectivity index (χ3n) is 7.77. The zero-order chi connectivity index (χ0) is 33.7. The minimum absolute atomic E-state index is 0.0651. The molecule has 0 fully saturated rings. The fraction of sp³-hybridized carbons (Fsp3) is 0.216. The first-order valence-corrected chi connectivity index (χ1v) is 15.5. The van der Waals surface area contributed by atoms with Crippen molar-refractivity contribution in [1.82, 2.24) is 21.3 Å². The Labute approximate surface area is 278 Å². The largest absolute Gasteiger partial charge is 0.460 e. The van der Waals surface area contributed by atoms with Crippen molar-refractivity contribution >= 4 is 29.8 Å². The highest BCUT2D eigenvalue weighted by atomic mass is 16.5. The van der Waals surface area contributed by atoms with E-state index in [1.54, 1.807) is 24.3 Å². The first-order valence-electron chi connectivity index (χ1n) is 15.5. The van der Waals surface area contributed by atoms with E-state index in [1.165, 1.54) is 0 Å². The average Bonchev–Trinajstić information content (AvgIpc) is 3.44. The van der Waals surface area contributed by atoms with Gasteiger partial charge in [0.05, 0.1) is 6.54 Å². The molecule has 0 radical (unpaired) electrons. The Bertz CT molecular complexity index is 1700. The van der Waals surface area contributed by atoms with E-state index in [1.807, 2.05) is 84.9 Å². The summed E-state index contributed by atoms with van der Waals surface area (Å²) in [7, 11) is 0. The molecule has 0 saturated heterocycles. The molecule has 11 nitrogen and oxygen atoms in total. The van der Waals surface area contributed by atoms with Crippen molar-refractivity contribution in [2.45, 2.75) is 25.0 Å². The number of hydrogen-bond acceptors (Lipinski definition) is 7. The van der Waals surface area contributed by atoms with Crippen LogP contribution in [0.25, 0.3) is 11.1 Å². The van der Waals surface area contributed by atoms with Gasteiger partial charge in [-0.25, -0.2) is 4.79 Å². The molecular weight excluding hydrogens is 612 g/mol. The summed E-state index contributed by atoms with van der Waals surface area (Å²) in [5, 5.41) is 9.94. The monoisotopic (exact) mass is 648 g/mol. The van der Waals surface area contributed by atoms with Crippen molar-refractivity contribution in [1.29, 1.82) is 0 Å². The van der Waals surface area contributed by atoms with E-state index in [9.17, 15) is 24.0 Å². The standard InChI is InChI=1S/C37H36N4O7/c42-33(20-40-37(46)48-24-31-29-17-9-7-15-27(29)28-16-8-10-18-30(28)31)38-21-34(43)41-32(19-25-11-3-1-4-12-25)36(45)39-22-35(44)47-23-26-13-5-2-6-14-26/h1-18,31-32H,19-24H2,(H,38,42)(H,39,45)(H,40,46)(H,41,43)/t32-/m0/s1. The van der Waals surface area contributed by atoms with Crippen LogP contribution in [0.2, 0.25) is 0 Å². The van der Waals surface area contributed by atoms with Crippen LogP contribution in [-0.4, -0.2) is 62.1 Å². The summed E-state index contributed by atoms with van der Waals surface area (Å²) in [5.41, 5.74) is 5.92. The first kappa shape index (κ1) is 33.4. The number of hydrogen-bond donors (Lipinski definition) is 4. The Morgan fingerprint density at radius 1 is 0.583 bits per heavy atom. The second kappa shape index (κ2) is 16.5. The first-order chi connectivity index (χ1) is 23.4. The van der Waals surface area contributed by atoms with Crippen LogP contribution in [0, 0.1) is 0 Å². The Hall–Kier alpha value is -5.97. The Kier molecular flexibility index (Phi) is 11.5. The maximum atomic E-state index is 13.0. The molecule has 1 aliphatic carbocycles. The maximum absolute atomic E-state index is 13.0. The molecule has 0 heterocycles. The van der Waals surface area contributed by atoms with Gasteiger partial charge in [0.1, 0.15) is 32.3 Å². The SMILES string of the molecule is O=C(CNC(=O)OCC1c2ccccc2-c2ccccc21)NCC(=O)N[C@@H](Cc1ccccc1)C(=O)NCC(=O)OCc1ccccc1. The molecule has 4 N–H and O–H groups in total.